The molecule has 104 valence electrons. The van der Waals surface area contributed by atoms with Gasteiger partial charge in [0.15, 0.2) is 0 Å². The molecule has 4 bridgehead atoms. The summed E-state index contributed by atoms with van der Waals surface area (Å²) in [5, 5.41) is 7.95. The van der Waals surface area contributed by atoms with Gasteiger partial charge < -0.3 is 5.73 Å². The standard InChI is InChI=1S/C16H25N3/c1-9-14(2-3-17)18-19-16(9)15-12-5-10-4-11(7-12)8-13(15)6-10/h10-13,15H,2-8,17H2,1H3,(H,18,19). The zero-order chi connectivity index (χ0) is 13.0. The van der Waals surface area contributed by atoms with Gasteiger partial charge in [0.05, 0.1) is 5.69 Å². The van der Waals surface area contributed by atoms with E-state index >= 15 is 0 Å². The second-order valence-electron chi connectivity index (χ2n) is 7.21. The maximum absolute atomic E-state index is 5.69. The molecule has 1 aromatic rings. The lowest BCUT2D eigenvalue weighted by molar-refractivity contribution is -0.00437. The van der Waals surface area contributed by atoms with Crippen molar-refractivity contribution in [2.24, 2.45) is 29.4 Å². The van der Waals surface area contributed by atoms with Crippen molar-refractivity contribution >= 4 is 0 Å². The fourth-order valence-corrected chi connectivity index (χ4v) is 5.53. The van der Waals surface area contributed by atoms with Crippen molar-refractivity contribution in [2.75, 3.05) is 6.54 Å². The third-order valence-electron chi connectivity index (χ3n) is 6.08. The smallest absolute Gasteiger partial charge is 0.0690 e. The minimum absolute atomic E-state index is 0.712. The predicted molar refractivity (Wildman–Crippen MR) is 75.9 cm³/mol. The topological polar surface area (TPSA) is 54.7 Å². The van der Waals surface area contributed by atoms with Crippen LogP contribution in [-0.4, -0.2) is 16.7 Å². The van der Waals surface area contributed by atoms with Gasteiger partial charge in [-0.1, -0.05) is 0 Å². The first kappa shape index (κ1) is 12.0. The van der Waals surface area contributed by atoms with E-state index in [1.54, 1.807) is 0 Å². The van der Waals surface area contributed by atoms with Gasteiger partial charge in [0, 0.05) is 18.0 Å². The summed E-state index contributed by atoms with van der Waals surface area (Å²) < 4.78 is 0. The molecule has 1 heterocycles. The van der Waals surface area contributed by atoms with Crippen molar-refractivity contribution in [3.63, 3.8) is 0 Å². The van der Waals surface area contributed by atoms with Crippen LogP contribution in [0.3, 0.4) is 0 Å². The van der Waals surface area contributed by atoms with Crippen LogP contribution in [0.15, 0.2) is 0 Å². The van der Waals surface area contributed by atoms with Gasteiger partial charge in [-0.05, 0) is 74.8 Å². The Balaban J connectivity index is 1.65. The summed E-state index contributed by atoms with van der Waals surface area (Å²) in [7, 11) is 0. The lowest BCUT2D eigenvalue weighted by Crippen LogP contribution is -2.44. The molecule has 4 aliphatic rings. The molecule has 19 heavy (non-hydrogen) atoms. The maximum Gasteiger partial charge on any atom is 0.0690 e. The SMILES string of the molecule is Cc1c(C2C3CC4CC(C3)CC2C4)n[nH]c1CCN. The number of nitrogens with zero attached hydrogens (tertiary/aromatic N) is 1. The van der Waals surface area contributed by atoms with Crippen molar-refractivity contribution in [3.8, 4) is 0 Å². The fraction of sp³-hybridized carbons (Fsp3) is 0.812. The summed E-state index contributed by atoms with van der Waals surface area (Å²) in [6, 6.07) is 0. The summed E-state index contributed by atoms with van der Waals surface area (Å²) in [4.78, 5) is 0. The minimum Gasteiger partial charge on any atom is -0.330 e. The fourth-order valence-electron chi connectivity index (χ4n) is 5.53. The van der Waals surface area contributed by atoms with Gasteiger partial charge in [-0.25, -0.2) is 0 Å². The van der Waals surface area contributed by atoms with Crippen LogP contribution >= 0.6 is 0 Å². The molecule has 4 aliphatic carbocycles. The van der Waals surface area contributed by atoms with Crippen molar-refractivity contribution in [3.05, 3.63) is 17.0 Å². The molecular weight excluding hydrogens is 234 g/mol. The number of hydrogen-bond acceptors (Lipinski definition) is 2. The van der Waals surface area contributed by atoms with Crippen molar-refractivity contribution < 1.29 is 0 Å². The third-order valence-corrected chi connectivity index (χ3v) is 6.08. The van der Waals surface area contributed by atoms with Crippen LogP contribution in [0.1, 0.15) is 55.0 Å². The molecule has 3 N–H and O–H groups in total. The van der Waals surface area contributed by atoms with Crippen LogP contribution in [0.4, 0.5) is 0 Å². The van der Waals surface area contributed by atoms with Gasteiger partial charge in [0.1, 0.15) is 0 Å². The predicted octanol–water partition coefficient (Wildman–Crippen LogP) is 2.76. The number of aromatic amines is 1. The number of aromatic nitrogens is 2. The van der Waals surface area contributed by atoms with Crippen molar-refractivity contribution in [1.29, 1.82) is 0 Å². The number of nitrogens with two attached hydrogens (primary N) is 1. The summed E-state index contributed by atoms with van der Waals surface area (Å²) in [6.07, 6.45) is 8.34. The molecule has 0 unspecified atom stereocenters. The second kappa shape index (κ2) is 4.34. The first-order valence-electron chi connectivity index (χ1n) is 8.00. The quantitative estimate of drug-likeness (QED) is 0.877. The third kappa shape index (κ3) is 1.78. The van der Waals surface area contributed by atoms with Gasteiger partial charge in [-0.15, -0.1) is 0 Å². The first-order valence-corrected chi connectivity index (χ1v) is 8.00. The lowest BCUT2D eigenvalue weighted by atomic mass is 9.51. The number of H-pyrrole nitrogens is 1. The van der Waals surface area contributed by atoms with E-state index in [4.69, 9.17) is 10.8 Å². The lowest BCUT2D eigenvalue weighted by Gasteiger charge is -2.54. The molecule has 0 radical (unpaired) electrons. The molecule has 0 aliphatic heterocycles. The Morgan fingerprint density at radius 2 is 1.74 bits per heavy atom. The molecule has 1 aromatic heterocycles. The average Bonchev–Trinajstić information content (AvgIpc) is 2.71. The van der Waals surface area contributed by atoms with Gasteiger partial charge in [0.25, 0.3) is 0 Å². The van der Waals surface area contributed by atoms with E-state index in [1.807, 2.05) is 0 Å². The molecule has 5 rings (SSSR count). The van der Waals surface area contributed by atoms with E-state index in [-0.39, 0.29) is 0 Å². The van der Waals surface area contributed by atoms with Gasteiger partial charge >= 0.3 is 0 Å². The normalized spacial score (nSPS) is 40.0. The minimum atomic E-state index is 0.712. The first-order chi connectivity index (χ1) is 9.26. The molecule has 0 saturated heterocycles. The van der Waals surface area contributed by atoms with Gasteiger partial charge in [-0.3, -0.25) is 5.10 Å². The Morgan fingerprint density at radius 1 is 1.11 bits per heavy atom. The van der Waals surface area contributed by atoms with E-state index in [0.717, 1.165) is 36.0 Å². The van der Waals surface area contributed by atoms with Crippen LogP contribution in [0, 0.1) is 30.6 Å². The van der Waals surface area contributed by atoms with Crippen LogP contribution < -0.4 is 5.73 Å². The van der Waals surface area contributed by atoms with Crippen LogP contribution in [0.2, 0.25) is 0 Å². The Hall–Kier alpha value is -0.830. The van der Waals surface area contributed by atoms with E-state index in [0.29, 0.717) is 6.54 Å². The molecule has 3 nitrogen and oxygen atoms in total. The molecular formula is C16H25N3. The Kier molecular flexibility index (Phi) is 2.73. The zero-order valence-corrected chi connectivity index (χ0v) is 11.9. The molecule has 0 atom stereocenters. The zero-order valence-electron chi connectivity index (χ0n) is 11.9. The van der Waals surface area contributed by atoms with Crippen molar-refractivity contribution in [1.82, 2.24) is 10.2 Å². The number of nitrogens with one attached hydrogen (secondary N) is 1. The van der Waals surface area contributed by atoms with Gasteiger partial charge in [-0.2, -0.15) is 5.10 Å². The Labute approximate surface area is 115 Å². The summed E-state index contributed by atoms with van der Waals surface area (Å²) in [5.41, 5.74) is 9.75. The molecule has 3 heteroatoms. The molecule has 4 saturated carbocycles. The highest BCUT2D eigenvalue weighted by Crippen LogP contribution is 2.59. The highest BCUT2D eigenvalue weighted by atomic mass is 15.1. The molecule has 4 fully saturated rings. The van der Waals surface area contributed by atoms with Crippen LogP contribution in [0.5, 0.6) is 0 Å². The highest BCUT2D eigenvalue weighted by molar-refractivity contribution is 5.29. The maximum atomic E-state index is 5.69. The van der Waals surface area contributed by atoms with Gasteiger partial charge in [0.2, 0.25) is 0 Å². The average molecular weight is 259 g/mol. The largest absolute Gasteiger partial charge is 0.330 e. The molecule has 0 aromatic carbocycles. The van der Waals surface area contributed by atoms with Crippen LogP contribution in [0.25, 0.3) is 0 Å². The summed E-state index contributed by atoms with van der Waals surface area (Å²) in [6.45, 7) is 2.96. The molecule has 0 spiro atoms. The van der Waals surface area contributed by atoms with E-state index in [2.05, 4.69) is 12.0 Å². The number of hydrogen-bond donors (Lipinski definition) is 2. The summed E-state index contributed by atoms with van der Waals surface area (Å²) >= 11 is 0. The summed E-state index contributed by atoms with van der Waals surface area (Å²) in [5.74, 6) is 4.67. The molecule has 0 amide bonds. The Morgan fingerprint density at radius 3 is 2.32 bits per heavy atom. The highest BCUT2D eigenvalue weighted by Gasteiger charge is 2.49. The van der Waals surface area contributed by atoms with E-state index in [9.17, 15) is 0 Å². The van der Waals surface area contributed by atoms with E-state index < -0.39 is 0 Å². The van der Waals surface area contributed by atoms with Crippen molar-refractivity contribution in [2.45, 2.75) is 51.4 Å². The van der Waals surface area contributed by atoms with Crippen LogP contribution in [-0.2, 0) is 6.42 Å². The number of rotatable bonds is 3. The second-order valence-corrected chi connectivity index (χ2v) is 7.21. The monoisotopic (exact) mass is 259 g/mol. The Bertz CT molecular complexity index is 448. The van der Waals surface area contributed by atoms with E-state index in [1.165, 1.54) is 49.1 Å².